The second-order valence-electron chi connectivity index (χ2n) is 2.68. The lowest BCUT2D eigenvalue weighted by Crippen LogP contribution is -2.10. The van der Waals surface area contributed by atoms with Crippen LogP contribution in [0.15, 0.2) is 24.3 Å². The Hall–Kier alpha value is -1.09. The topological polar surface area (TPSA) is 26.3 Å². The van der Waals surface area contributed by atoms with Gasteiger partial charge in [-0.3, -0.25) is 4.79 Å². The highest BCUT2D eigenvalue weighted by atomic mass is 35.5. The average Bonchev–Trinajstić information content (AvgIpc) is 2.18. The van der Waals surface area contributed by atoms with Crippen LogP contribution in [0.4, 0.5) is 4.39 Å². The van der Waals surface area contributed by atoms with E-state index in [-0.39, 0.29) is 18.9 Å². The van der Waals surface area contributed by atoms with Gasteiger partial charge in [0.2, 0.25) is 0 Å². The molecule has 0 saturated heterocycles. The zero-order valence-corrected chi connectivity index (χ0v) is 8.26. The van der Waals surface area contributed by atoms with Crippen molar-refractivity contribution < 1.29 is 13.9 Å². The lowest BCUT2D eigenvalue weighted by atomic mass is 10.1. The highest BCUT2D eigenvalue weighted by Crippen LogP contribution is 2.07. The van der Waals surface area contributed by atoms with E-state index in [1.54, 1.807) is 18.2 Å². The highest BCUT2D eigenvalue weighted by molar-refractivity contribution is 6.18. The summed E-state index contributed by atoms with van der Waals surface area (Å²) < 4.78 is 17.8. The molecule has 0 aliphatic heterocycles. The summed E-state index contributed by atoms with van der Waals surface area (Å²) in [6.45, 7) is 0.162. The number of hydrogen-bond acceptors (Lipinski definition) is 2. The maximum absolute atomic E-state index is 13.0. The van der Waals surface area contributed by atoms with Gasteiger partial charge in [-0.05, 0) is 11.6 Å². The van der Waals surface area contributed by atoms with Crippen LogP contribution in [0.1, 0.15) is 5.56 Å². The van der Waals surface area contributed by atoms with Crippen LogP contribution in [0.2, 0.25) is 0 Å². The van der Waals surface area contributed by atoms with E-state index >= 15 is 0 Å². The van der Waals surface area contributed by atoms with Gasteiger partial charge >= 0.3 is 5.97 Å². The van der Waals surface area contributed by atoms with Crippen molar-refractivity contribution in [2.45, 2.75) is 6.42 Å². The number of halogens is 2. The number of rotatable bonds is 4. The molecule has 1 aromatic rings. The first-order valence-corrected chi connectivity index (χ1v) is 4.72. The molecule has 76 valence electrons. The maximum Gasteiger partial charge on any atom is 0.310 e. The van der Waals surface area contributed by atoms with Gasteiger partial charge in [0.25, 0.3) is 0 Å². The van der Waals surface area contributed by atoms with Crippen molar-refractivity contribution in [2.24, 2.45) is 0 Å². The number of alkyl halides is 1. The Balaban J connectivity index is 2.52. The predicted molar refractivity (Wildman–Crippen MR) is 51.8 cm³/mol. The summed E-state index contributed by atoms with van der Waals surface area (Å²) in [5.74, 6) is -0.602. The van der Waals surface area contributed by atoms with Crippen molar-refractivity contribution in [3.05, 3.63) is 35.6 Å². The van der Waals surface area contributed by atoms with Crippen molar-refractivity contribution in [1.82, 2.24) is 0 Å². The van der Waals surface area contributed by atoms with Gasteiger partial charge in [-0.1, -0.05) is 18.2 Å². The highest BCUT2D eigenvalue weighted by Gasteiger charge is 2.07. The van der Waals surface area contributed by atoms with Gasteiger partial charge in [0.1, 0.15) is 12.4 Å². The second kappa shape index (κ2) is 5.60. The van der Waals surface area contributed by atoms with Gasteiger partial charge in [0.15, 0.2) is 0 Å². The molecule has 0 atom stereocenters. The van der Waals surface area contributed by atoms with Crippen LogP contribution in [0.5, 0.6) is 0 Å². The summed E-state index contributed by atoms with van der Waals surface area (Å²) >= 11 is 5.33. The second-order valence-corrected chi connectivity index (χ2v) is 3.06. The van der Waals surface area contributed by atoms with E-state index in [0.717, 1.165) is 0 Å². The molecular weight excluding hydrogens is 207 g/mol. The lowest BCUT2D eigenvalue weighted by molar-refractivity contribution is -0.142. The number of carbonyl (C=O) groups is 1. The van der Waals surface area contributed by atoms with Crippen LogP contribution >= 0.6 is 11.6 Å². The molecular formula is C10H10ClFO2. The standard InChI is InChI=1S/C10H10ClFO2/c11-5-6-14-10(13)7-8-3-1-2-4-9(8)12/h1-4H,5-7H2. The van der Waals surface area contributed by atoms with E-state index in [0.29, 0.717) is 5.56 Å². The molecule has 0 aromatic heterocycles. The molecule has 4 heteroatoms. The maximum atomic E-state index is 13.0. The molecule has 2 nitrogen and oxygen atoms in total. The molecule has 0 aliphatic rings. The number of ether oxygens (including phenoxy) is 1. The summed E-state index contributed by atoms with van der Waals surface area (Å²) in [6, 6.07) is 6.11. The lowest BCUT2D eigenvalue weighted by Gasteiger charge is -2.03. The summed E-state index contributed by atoms with van der Waals surface area (Å²) in [7, 11) is 0. The van der Waals surface area contributed by atoms with E-state index in [9.17, 15) is 9.18 Å². The zero-order valence-electron chi connectivity index (χ0n) is 7.50. The molecule has 0 radical (unpaired) electrons. The van der Waals surface area contributed by atoms with Gasteiger partial charge < -0.3 is 4.74 Å². The number of benzene rings is 1. The number of hydrogen-bond donors (Lipinski definition) is 0. The van der Waals surface area contributed by atoms with E-state index in [4.69, 9.17) is 16.3 Å². The molecule has 0 spiro atoms. The first-order valence-electron chi connectivity index (χ1n) is 4.19. The minimum atomic E-state index is -0.462. The molecule has 1 aromatic carbocycles. The molecule has 0 saturated carbocycles. The third-order valence-corrected chi connectivity index (χ3v) is 1.79. The average molecular weight is 217 g/mol. The number of esters is 1. The van der Waals surface area contributed by atoms with Crippen LogP contribution in [-0.2, 0) is 16.0 Å². The molecule has 14 heavy (non-hydrogen) atoms. The first kappa shape index (κ1) is 11.0. The third-order valence-electron chi connectivity index (χ3n) is 1.63. The van der Waals surface area contributed by atoms with Crippen molar-refractivity contribution in [1.29, 1.82) is 0 Å². The van der Waals surface area contributed by atoms with E-state index in [1.807, 2.05) is 0 Å². The van der Waals surface area contributed by atoms with E-state index in [1.165, 1.54) is 6.07 Å². The Kier molecular flexibility index (Phi) is 4.40. The van der Waals surface area contributed by atoms with Crippen molar-refractivity contribution >= 4 is 17.6 Å². The quantitative estimate of drug-likeness (QED) is 0.570. The fourth-order valence-corrected chi connectivity index (χ4v) is 1.08. The third kappa shape index (κ3) is 3.34. The molecule has 0 aliphatic carbocycles. The smallest absolute Gasteiger partial charge is 0.310 e. The number of carbonyl (C=O) groups excluding carboxylic acids is 1. The van der Waals surface area contributed by atoms with Crippen molar-refractivity contribution in [3.63, 3.8) is 0 Å². The molecule has 0 heterocycles. The Morgan fingerprint density at radius 2 is 2.14 bits per heavy atom. The molecule has 0 bridgehead atoms. The Labute approximate surface area is 86.6 Å². The van der Waals surface area contributed by atoms with Gasteiger partial charge in [-0.2, -0.15) is 0 Å². The van der Waals surface area contributed by atoms with Crippen LogP contribution in [0.25, 0.3) is 0 Å². The van der Waals surface area contributed by atoms with Crippen LogP contribution in [0, 0.1) is 5.82 Å². The largest absolute Gasteiger partial charge is 0.464 e. The Morgan fingerprint density at radius 1 is 1.43 bits per heavy atom. The van der Waals surface area contributed by atoms with E-state index < -0.39 is 11.8 Å². The molecule has 0 N–H and O–H groups in total. The van der Waals surface area contributed by atoms with Crippen molar-refractivity contribution in [2.75, 3.05) is 12.5 Å². The van der Waals surface area contributed by atoms with Gasteiger partial charge in [-0.25, -0.2) is 4.39 Å². The normalized spacial score (nSPS) is 9.86. The molecule has 0 unspecified atom stereocenters. The minimum absolute atomic E-state index is 0.0520. The van der Waals surface area contributed by atoms with E-state index in [2.05, 4.69) is 0 Å². The summed E-state index contributed by atoms with van der Waals surface area (Å²) in [4.78, 5) is 11.1. The van der Waals surface area contributed by atoms with Gasteiger partial charge in [-0.15, -0.1) is 11.6 Å². The monoisotopic (exact) mass is 216 g/mol. The summed E-state index contributed by atoms with van der Waals surface area (Å²) in [5, 5.41) is 0. The first-order chi connectivity index (χ1) is 6.74. The summed E-state index contributed by atoms with van der Waals surface area (Å²) in [5.41, 5.74) is 0.340. The van der Waals surface area contributed by atoms with Gasteiger partial charge in [0, 0.05) is 0 Å². The van der Waals surface area contributed by atoms with Crippen molar-refractivity contribution in [3.8, 4) is 0 Å². The molecule has 0 amide bonds. The SMILES string of the molecule is O=C(Cc1ccccc1F)OCCCl. The predicted octanol–water partition coefficient (Wildman–Crippen LogP) is 2.15. The zero-order chi connectivity index (χ0) is 10.4. The Bertz CT molecular complexity index is 315. The molecule has 1 rings (SSSR count). The molecule has 0 fully saturated rings. The summed E-state index contributed by atoms with van der Waals surface area (Å²) in [6.07, 6.45) is -0.0520. The van der Waals surface area contributed by atoms with Crippen LogP contribution < -0.4 is 0 Å². The van der Waals surface area contributed by atoms with Gasteiger partial charge in [0.05, 0.1) is 12.3 Å². The van der Waals surface area contributed by atoms with Crippen LogP contribution in [0.3, 0.4) is 0 Å². The fraction of sp³-hybridized carbons (Fsp3) is 0.300. The minimum Gasteiger partial charge on any atom is -0.464 e. The van der Waals surface area contributed by atoms with Crippen LogP contribution in [-0.4, -0.2) is 18.5 Å². The Morgan fingerprint density at radius 3 is 2.79 bits per heavy atom. The fourth-order valence-electron chi connectivity index (χ4n) is 1.00.